The second-order valence-corrected chi connectivity index (χ2v) is 7.78. The van der Waals surface area contributed by atoms with Crippen molar-refractivity contribution in [3.8, 4) is 0 Å². The van der Waals surface area contributed by atoms with Crippen LogP contribution >= 0.6 is 31.3 Å². The molecule has 0 aromatic carbocycles. The maximum absolute atomic E-state index is 8.63. The van der Waals surface area contributed by atoms with E-state index in [4.69, 9.17) is 91.3 Å². The third-order valence-electron chi connectivity index (χ3n) is 0. The molecule has 0 amide bonds. The first-order valence-electron chi connectivity index (χ1n) is 3.59. The van der Waals surface area contributed by atoms with E-state index in [2.05, 4.69) is 0 Å². The topological polar surface area (TPSA) is 425 Å². The maximum atomic E-state index is 8.63. The van der Waals surface area contributed by atoms with E-state index < -0.39 is 48.0 Å². The summed E-state index contributed by atoms with van der Waals surface area (Å²) in [7, 11) is -21.6. The molecule has 32 heavy (non-hydrogen) atoms. The second-order valence-electron chi connectivity index (χ2n) is 2.20. The molecular formula is Ca3MoO20P4Zn4. The molecule has 0 aromatic heterocycles. The normalized spacial score (nSPS) is 9.19. The Labute approximate surface area is 323 Å². The van der Waals surface area contributed by atoms with Gasteiger partial charge in [0.25, 0.3) is 0 Å². The van der Waals surface area contributed by atoms with Crippen LogP contribution in [0.15, 0.2) is 0 Å². The van der Waals surface area contributed by atoms with Crippen LogP contribution in [0.3, 0.4) is 0 Å². The molecule has 0 spiro atoms. The number of hydrogen-bond donors (Lipinski definition) is 0. The van der Waals surface area contributed by atoms with Crippen molar-refractivity contribution in [1.29, 1.82) is 0 Å². The summed E-state index contributed by atoms with van der Waals surface area (Å²) in [4.78, 5) is 103. The van der Waals surface area contributed by atoms with Gasteiger partial charge in [-0.1, -0.05) is 0 Å². The van der Waals surface area contributed by atoms with Gasteiger partial charge in [0, 0.05) is 0 Å². The van der Waals surface area contributed by atoms with Crippen molar-refractivity contribution in [3.63, 3.8) is 0 Å². The summed E-state index contributed by atoms with van der Waals surface area (Å²) in [5, 5.41) is 0. The predicted molar refractivity (Wildman–Crippen MR) is 49.1 cm³/mol. The Morgan fingerprint density at radius 2 is 0.375 bits per heavy atom. The standard InChI is InChI=1S/3Ca.Mo.4H3O4P.4O.4Zn/c;;;;4*1-5(2,3)4;;;;;;;;/h;;;;4*(H3,1,2,3,4);;;;;;;;/q3*+2;;;;;;;;2*-1;4*+2/p-12. The van der Waals surface area contributed by atoms with E-state index in [1.807, 2.05) is 0 Å². The molecule has 0 N–H and O–H groups in total. The summed E-state index contributed by atoms with van der Waals surface area (Å²) in [6.07, 6.45) is 0. The molecule has 20 nitrogen and oxygen atoms in total. The molecule has 0 atom stereocenters. The van der Waals surface area contributed by atoms with Crippen LogP contribution in [0.4, 0.5) is 0 Å². The smallest absolute Gasteiger partial charge is 2.00 e. The van der Waals surface area contributed by atoms with Crippen molar-refractivity contribution >= 4 is 145 Å². The molecular weight excluding hydrogens is 922 g/mol. The van der Waals surface area contributed by atoms with Gasteiger partial charge in [0.2, 0.25) is 0 Å². The van der Waals surface area contributed by atoms with E-state index in [1.54, 1.807) is 0 Å². The van der Waals surface area contributed by atoms with Gasteiger partial charge in [0.05, 0.1) is 0 Å². The Balaban J connectivity index is -0.0000000148. The second kappa shape index (κ2) is 37.9. The fourth-order valence-corrected chi connectivity index (χ4v) is 0. The van der Waals surface area contributed by atoms with Gasteiger partial charge >= 0.3 is 222 Å². The first-order chi connectivity index (χ1) is 10.0. The van der Waals surface area contributed by atoms with Crippen LogP contribution in [0.5, 0.6) is 0 Å². The summed E-state index contributed by atoms with van der Waals surface area (Å²) >= 11 is -6.02. The van der Waals surface area contributed by atoms with Crippen LogP contribution in [-0.2, 0) is 120 Å². The predicted octanol–water partition coefficient (Wildman–Crippen LogP) is -15.1. The molecule has 32 heteroatoms. The average molecular weight is 922 g/mol. The Hall–Kier alpha value is 6.92. The third-order valence-corrected chi connectivity index (χ3v) is 0. The molecule has 0 aliphatic carbocycles. The SMILES string of the molecule is O=P([O-])([O-])[O-].O=P([O-])([O-])[O-].O=P([O-])([O-])[O-].O=P([O-])([O-])[O-].[Ca+2].[Ca+2].[Ca+2].[O]=[Mo](=[O])([O-])[O-].[Zn+2].[Zn+2].[Zn+2].[Zn+2]. The average Bonchev–Trinajstić information content (AvgIpc) is 1.79. The van der Waals surface area contributed by atoms with Gasteiger partial charge < -0.3 is 77.0 Å². The molecule has 0 radical (unpaired) electrons. The zero-order valence-corrected chi connectivity index (χ0v) is 39.4. The van der Waals surface area contributed by atoms with E-state index >= 15 is 0 Å². The molecule has 0 fully saturated rings. The van der Waals surface area contributed by atoms with E-state index in [-0.39, 0.29) is 191 Å². The van der Waals surface area contributed by atoms with Crippen molar-refractivity contribution in [2.45, 2.75) is 0 Å². The number of rotatable bonds is 0. The van der Waals surface area contributed by atoms with E-state index in [0.717, 1.165) is 0 Å². The zero-order valence-electron chi connectivity index (χ0n) is 15.3. The molecule has 0 aliphatic heterocycles. The van der Waals surface area contributed by atoms with Crippen molar-refractivity contribution in [2.75, 3.05) is 0 Å². The quantitative estimate of drug-likeness (QED) is 0.161. The summed E-state index contributed by atoms with van der Waals surface area (Å²) in [6.45, 7) is 0. The van der Waals surface area contributed by atoms with Gasteiger partial charge in [-0.3, -0.25) is 0 Å². The van der Waals surface area contributed by atoms with Crippen molar-refractivity contribution < 1.29 is 186 Å². The molecule has 0 heterocycles. The van der Waals surface area contributed by atoms with Crippen LogP contribution in [0.2, 0.25) is 0 Å². The van der Waals surface area contributed by atoms with Gasteiger partial charge in [0.1, 0.15) is 0 Å². The van der Waals surface area contributed by atoms with Crippen molar-refractivity contribution in [2.24, 2.45) is 0 Å². The van der Waals surface area contributed by atoms with Gasteiger partial charge in [-0.15, -0.1) is 0 Å². The van der Waals surface area contributed by atoms with Gasteiger partial charge in [-0.25, -0.2) is 0 Å². The minimum absolute atomic E-state index is 0. The Morgan fingerprint density at radius 3 is 0.375 bits per heavy atom. The molecule has 0 aliphatic rings. The van der Waals surface area contributed by atoms with Crippen LogP contribution in [0.1, 0.15) is 0 Å². The van der Waals surface area contributed by atoms with Crippen LogP contribution in [0, 0.1) is 0 Å². The minimum atomic E-state index is -6.02. The van der Waals surface area contributed by atoms with Crippen molar-refractivity contribution in [3.05, 3.63) is 0 Å². The monoisotopic (exact) mass is 917 g/mol. The number of phosphoric acid groups is 4. The van der Waals surface area contributed by atoms with E-state index in [9.17, 15) is 0 Å². The van der Waals surface area contributed by atoms with Crippen molar-refractivity contribution in [1.82, 2.24) is 0 Å². The van der Waals surface area contributed by atoms with Crippen LogP contribution < -0.4 is 66.2 Å². The summed E-state index contributed by atoms with van der Waals surface area (Å²) < 4.78 is 68.7. The third kappa shape index (κ3) is 995. The fourth-order valence-electron chi connectivity index (χ4n) is 0. The Morgan fingerprint density at radius 1 is 0.375 bits per heavy atom. The molecule has 0 bridgehead atoms. The van der Waals surface area contributed by atoms with Crippen LogP contribution in [-0.4, -0.2) is 113 Å². The van der Waals surface area contributed by atoms with Gasteiger partial charge in [0.15, 0.2) is 0 Å². The molecule has 0 rings (SSSR count). The molecule has 0 saturated heterocycles. The molecule has 0 aromatic rings. The summed E-state index contributed by atoms with van der Waals surface area (Å²) in [6, 6.07) is 0. The zero-order chi connectivity index (χ0) is 22.5. The Bertz CT molecular complexity index is 494. The van der Waals surface area contributed by atoms with E-state index in [0.29, 0.717) is 0 Å². The largest absolute Gasteiger partial charge is 2.00 e. The Kier molecular flexibility index (Phi) is 91.5. The van der Waals surface area contributed by atoms with E-state index in [1.165, 1.54) is 0 Å². The minimum Gasteiger partial charge on any atom is 2.00 e. The molecule has 0 unspecified atom stereocenters. The van der Waals surface area contributed by atoms with Crippen LogP contribution in [0.25, 0.3) is 0 Å². The van der Waals surface area contributed by atoms with Gasteiger partial charge in [-0.2, -0.15) is 31.3 Å². The fraction of sp³-hybridized carbons (Fsp3) is 0. The summed E-state index contributed by atoms with van der Waals surface area (Å²) in [5.41, 5.74) is 0. The number of hydrogen-bond acceptors (Lipinski definition) is 20. The first-order valence-corrected chi connectivity index (χ1v) is 12.7. The molecule has 0 saturated carbocycles. The molecule has 160 valence electrons. The summed E-state index contributed by atoms with van der Waals surface area (Å²) in [5.74, 6) is 0. The first kappa shape index (κ1) is 77.2. The maximum Gasteiger partial charge on any atom is 2.00 e. The van der Waals surface area contributed by atoms with Gasteiger partial charge in [-0.05, 0) is 0 Å².